The van der Waals surface area contributed by atoms with E-state index in [-0.39, 0.29) is 6.10 Å². The second-order valence-corrected chi connectivity index (χ2v) is 7.05. The van der Waals surface area contributed by atoms with E-state index in [1.165, 1.54) is 31.4 Å². The third-order valence-corrected chi connectivity index (χ3v) is 5.03. The second-order valence-electron chi connectivity index (χ2n) is 7.05. The minimum Gasteiger partial charge on any atom is -0.486 e. The molecule has 2 aromatic rings. The quantitative estimate of drug-likeness (QED) is 0.649. The molecule has 1 atom stereocenters. The van der Waals surface area contributed by atoms with Crippen molar-refractivity contribution in [2.24, 2.45) is 0 Å². The molecule has 2 aromatic carbocycles. The summed E-state index contributed by atoms with van der Waals surface area (Å²) in [5, 5.41) is 8.99. The number of nitrogens with zero attached hydrogens (tertiary/aromatic N) is 2. The van der Waals surface area contributed by atoms with E-state index in [9.17, 15) is 13.2 Å². The van der Waals surface area contributed by atoms with Crippen LogP contribution in [-0.2, 0) is 6.18 Å². The molecule has 1 saturated heterocycles. The summed E-state index contributed by atoms with van der Waals surface area (Å²) in [5.41, 5.74) is 0.784. The van der Waals surface area contributed by atoms with Crippen LogP contribution < -0.4 is 4.74 Å². The minimum absolute atomic E-state index is 0.286. The van der Waals surface area contributed by atoms with E-state index in [4.69, 9.17) is 10.00 Å². The Morgan fingerprint density at radius 2 is 1.61 bits per heavy atom. The van der Waals surface area contributed by atoms with Crippen molar-refractivity contribution in [2.45, 2.75) is 38.0 Å². The average molecular weight is 388 g/mol. The van der Waals surface area contributed by atoms with E-state index in [0.717, 1.165) is 43.8 Å². The van der Waals surface area contributed by atoms with Crippen LogP contribution >= 0.6 is 0 Å². The van der Waals surface area contributed by atoms with E-state index >= 15 is 0 Å². The number of halogens is 3. The Morgan fingerprint density at radius 3 is 2.18 bits per heavy atom. The molecule has 0 radical (unpaired) electrons. The van der Waals surface area contributed by atoms with E-state index in [1.54, 1.807) is 12.1 Å². The number of rotatable bonds is 6. The molecule has 0 saturated carbocycles. The molecule has 1 heterocycles. The van der Waals surface area contributed by atoms with Gasteiger partial charge < -0.3 is 9.64 Å². The van der Waals surface area contributed by atoms with Gasteiger partial charge in [0, 0.05) is 13.0 Å². The number of hydrogen-bond donors (Lipinski definition) is 0. The van der Waals surface area contributed by atoms with Crippen molar-refractivity contribution in [1.29, 1.82) is 5.26 Å². The summed E-state index contributed by atoms with van der Waals surface area (Å²) in [6, 6.07) is 14.1. The third-order valence-electron chi connectivity index (χ3n) is 5.03. The van der Waals surface area contributed by atoms with Gasteiger partial charge in [-0.25, -0.2) is 0 Å². The Hall–Kier alpha value is -2.52. The fourth-order valence-corrected chi connectivity index (χ4v) is 3.44. The molecule has 6 heteroatoms. The van der Waals surface area contributed by atoms with Crippen LogP contribution in [0.25, 0.3) is 0 Å². The Morgan fingerprint density at radius 1 is 0.964 bits per heavy atom. The van der Waals surface area contributed by atoms with E-state index in [1.807, 2.05) is 12.1 Å². The zero-order valence-electron chi connectivity index (χ0n) is 15.6. The summed E-state index contributed by atoms with van der Waals surface area (Å²) in [7, 11) is 0. The smallest absolute Gasteiger partial charge is 0.416 e. The van der Waals surface area contributed by atoms with Crippen molar-refractivity contribution < 1.29 is 17.9 Å². The van der Waals surface area contributed by atoms with Crippen LogP contribution in [0.3, 0.4) is 0 Å². The number of piperidine rings is 1. The van der Waals surface area contributed by atoms with Crippen LogP contribution in [0.1, 0.15) is 48.5 Å². The average Bonchev–Trinajstić information content (AvgIpc) is 2.71. The highest BCUT2D eigenvalue weighted by Gasteiger charge is 2.30. The highest BCUT2D eigenvalue weighted by Crippen LogP contribution is 2.32. The van der Waals surface area contributed by atoms with Gasteiger partial charge in [0.25, 0.3) is 0 Å². The molecule has 0 N–H and O–H groups in total. The van der Waals surface area contributed by atoms with Crippen LogP contribution in [0.5, 0.6) is 5.75 Å². The molecule has 0 aromatic heterocycles. The first-order valence-corrected chi connectivity index (χ1v) is 9.52. The van der Waals surface area contributed by atoms with Crippen molar-refractivity contribution >= 4 is 0 Å². The normalized spacial score (nSPS) is 16.4. The number of nitriles is 1. The van der Waals surface area contributed by atoms with Crippen LogP contribution in [-0.4, -0.2) is 24.5 Å². The van der Waals surface area contributed by atoms with Gasteiger partial charge in [0.1, 0.15) is 11.9 Å². The maximum absolute atomic E-state index is 12.8. The summed E-state index contributed by atoms with van der Waals surface area (Å²) >= 11 is 0. The molecule has 0 aliphatic carbocycles. The molecular weight excluding hydrogens is 365 g/mol. The molecule has 28 heavy (non-hydrogen) atoms. The zero-order chi connectivity index (χ0) is 20.0. The van der Waals surface area contributed by atoms with Gasteiger partial charge in [0.2, 0.25) is 0 Å². The highest BCUT2D eigenvalue weighted by atomic mass is 19.4. The lowest BCUT2D eigenvalue weighted by molar-refractivity contribution is -0.137. The third kappa shape index (κ3) is 5.49. The first-order chi connectivity index (χ1) is 13.5. The lowest BCUT2D eigenvalue weighted by Crippen LogP contribution is -2.31. The highest BCUT2D eigenvalue weighted by molar-refractivity contribution is 5.34. The molecule has 1 aliphatic heterocycles. The lowest BCUT2D eigenvalue weighted by atomic mass is 10.0. The van der Waals surface area contributed by atoms with Crippen molar-refractivity contribution in [3.63, 3.8) is 0 Å². The molecule has 1 fully saturated rings. The van der Waals surface area contributed by atoms with Gasteiger partial charge >= 0.3 is 6.18 Å². The van der Waals surface area contributed by atoms with Crippen LogP contribution in [0.15, 0.2) is 48.5 Å². The Labute approximate surface area is 163 Å². The van der Waals surface area contributed by atoms with Gasteiger partial charge in [-0.1, -0.05) is 18.6 Å². The predicted molar refractivity (Wildman–Crippen MR) is 101 cm³/mol. The summed E-state index contributed by atoms with van der Waals surface area (Å²) in [6.07, 6.45) is -0.265. The predicted octanol–water partition coefficient (Wildman–Crippen LogP) is 5.57. The Kier molecular flexibility index (Phi) is 6.58. The van der Waals surface area contributed by atoms with E-state index < -0.39 is 11.7 Å². The van der Waals surface area contributed by atoms with Gasteiger partial charge in [-0.05, 0) is 67.9 Å². The Bertz CT molecular complexity index is 789. The number of ether oxygens (including phenoxy) is 1. The van der Waals surface area contributed by atoms with Crippen LogP contribution in [0.4, 0.5) is 13.2 Å². The van der Waals surface area contributed by atoms with Crippen molar-refractivity contribution in [3.05, 3.63) is 65.2 Å². The van der Waals surface area contributed by atoms with Gasteiger partial charge in [-0.3, -0.25) is 0 Å². The lowest BCUT2D eigenvalue weighted by Gasteiger charge is -2.28. The molecule has 0 bridgehead atoms. The standard InChI is InChI=1S/C22H23F3N2O/c23-22(24,25)19-8-10-20(11-9-19)28-21(12-15-27-13-2-1-3-14-27)18-6-4-17(16-26)5-7-18/h4-11,21H,1-3,12-15H2. The molecule has 148 valence electrons. The molecular formula is C22H23F3N2O. The number of likely N-dealkylation sites (tertiary alicyclic amines) is 1. The number of hydrogen-bond acceptors (Lipinski definition) is 3. The summed E-state index contributed by atoms with van der Waals surface area (Å²) in [6.45, 7) is 3.01. The number of benzene rings is 2. The first kappa shape index (κ1) is 20.2. The largest absolute Gasteiger partial charge is 0.486 e. The molecule has 3 nitrogen and oxygen atoms in total. The second kappa shape index (κ2) is 9.11. The molecule has 1 aliphatic rings. The summed E-state index contributed by atoms with van der Waals surface area (Å²) in [5.74, 6) is 0.404. The van der Waals surface area contributed by atoms with Crippen molar-refractivity contribution in [1.82, 2.24) is 4.90 Å². The SMILES string of the molecule is N#Cc1ccc(C(CCN2CCCCC2)Oc2ccc(C(F)(F)F)cc2)cc1. The molecule has 0 spiro atoms. The topological polar surface area (TPSA) is 36.3 Å². The monoisotopic (exact) mass is 388 g/mol. The van der Waals surface area contributed by atoms with Crippen LogP contribution in [0, 0.1) is 11.3 Å². The van der Waals surface area contributed by atoms with Gasteiger partial charge in [0.15, 0.2) is 0 Å². The summed E-state index contributed by atoms with van der Waals surface area (Å²) in [4.78, 5) is 2.40. The maximum atomic E-state index is 12.8. The fraction of sp³-hybridized carbons (Fsp3) is 0.409. The van der Waals surface area contributed by atoms with Gasteiger partial charge in [0.05, 0.1) is 17.2 Å². The van der Waals surface area contributed by atoms with Crippen LogP contribution in [0.2, 0.25) is 0 Å². The Balaban J connectivity index is 1.73. The molecule has 0 amide bonds. The van der Waals surface area contributed by atoms with E-state index in [0.29, 0.717) is 11.3 Å². The molecule has 3 rings (SSSR count). The minimum atomic E-state index is -4.36. The van der Waals surface area contributed by atoms with Crippen molar-refractivity contribution in [3.8, 4) is 11.8 Å². The fourth-order valence-electron chi connectivity index (χ4n) is 3.44. The number of alkyl halides is 3. The first-order valence-electron chi connectivity index (χ1n) is 9.52. The van der Waals surface area contributed by atoms with Crippen molar-refractivity contribution in [2.75, 3.05) is 19.6 Å². The van der Waals surface area contributed by atoms with E-state index in [2.05, 4.69) is 11.0 Å². The molecule has 1 unspecified atom stereocenters. The zero-order valence-corrected chi connectivity index (χ0v) is 15.6. The van der Waals surface area contributed by atoms with Gasteiger partial charge in [-0.15, -0.1) is 0 Å². The van der Waals surface area contributed by atoms with Gasteiger partial charge in [-0.2, -0.15) is 18.4 Å². The summed E-state index contributed by atoms with van der Waals surface area (Å²) < 4.78 is 44.4. The maximum Gasteiger partial charge on any atom is 0.416 e.